The van der Waals surface area contributed by atoms with Crippen LogP contribution in [0.3, 0.4) is 0 Å². The van der Waals surface area contributed by atoms with Gasteiger partial charge in [0.25, 0.3) is 0 Å². The molecular weight excluding hydrogens is 230 g/mol. The zero-order chi connectivity index (χ0) is 13.8. The van der Waals surface area contributed by atoms with Crippen LogP contribution >= 0.6 is 0 Å². The standard InChI is InChI=1S/C14H23NO3/c1-5-6-7-11-10-15(9-8-12(11)16)13(17)18-14(2,3)4/h1,11-12,16H,6-10H2,2-4H3. The van der Waals surface area contributed by atoms with E-state index in [-0.39, 0.29) is 18.1 Å². The third kappa shape index (κ3) is 4.58. The van der Waals surface area contributed by atoms with Crippen LogP contribution in [-0.4, -0.2) is 40.9 Å². The van der Waals surface area contributed by atoms with E-state index in [0.29, 0.717) is 25.9 Å². The molecule has 1 fully saturated rings. The molecule has 4 nitrogen and oxygen atoms in total. The Bertz CT molecular complexity index is 327. The lowest BCUT2D eigenvalue weighted by molar-refractivity contribution is -0.00961. The Balaban J connectivity index is 2.53. The van der Waals surface area contributed by atoms with Crippen molar-refractivity contribution < 1.29 is 14.6 Å². The average molecular weight is 253 g/mol. The molecular formula is C14H23NO3. The molecule has 2 unspecified atom stereocenters. The molecule has 1 amide bonds. The van der Waals surface area contributed by atoms with Gasteiger partial charge in [-0.2, -0.15) is 0 Å². The molecule has 1 heterocycles. The summed E-state index contributed by atoms with van der Waals surface area (Å²) in [6.45, 7) is 6.61. The minimum Gasteiger partial charge on any atom is -0.444 e. The molecule has 0 aliphatic carbocycles. The molecule has 0 aromatic carbocycles. The van der Waals surface area contributed by atoms with Crippen molar-refractivity contribution in [2.75, 3.05) is 13.1 Å². The van der Waals surface area contributed by atoms with Crippen molar-refractivity contribution in [3.63, 3.8) is 0 Å². The van der Waals surface area contributed by atoms with E-state index in [1.54, 1.807) is 4.90 Å². The van der Waals surface area contributed by atoms with Crippen LogP contribution in [-0.2, 0) is 4.74 Å². The van der Waals surface area contributed by atoms with Crippen molar-refractivity contribution in [3.05, 3.63) is 0 Å². The lowest BCUT2D eigenvalue weighted by Gasteiger charge is -2.36. The molecule has 0 bridgehead atoms. The maximum atomic E-state index is 11.9. The summed E-state index contributed by atoms with van der Waals surface area (Å²) in [4.78, 5) is 13.6. The highest BCUT2D eigenvalue weighted by Gasteiger charge is 2.31. The first-order valence-corrected chi connectivity index (χ1v) is 6.43. The molecule has 0 aromatic heterocycles. The summed E-state index contributed by atoms with van der Waals surface area (Å²) in [7, 11) is 0. The first-order valence-electron chi connectivity index (χ1n) is 6.43. The molecule has 1 rings (SSSR count). The Morgan fingerprint density at radius 1 is 1.56 bits per heavy atom. The number of terminal acetylenes is 1. The molecule has 0 saturated carbocycles. The molecule has 2 atom stereocenters. The minimum absolute atomic E-state index is 0.0577. The van der Waals surface area contributed by atoms with E-state index in [9.17, 15) is 9.90 Å². The Morgan fingerprint density at radius 3 is 2.78 bits per heavy atom. The van der Waals surface area contributed by atoms with Gasteiger partial charge in [-0.1, -0.05) is 0 Å². The van der Waals surface area contributed by atoms with Crippen molar-refractivity contribution in [1.82, 2.24) is 4.90 Å². The van der Waals surface area contributed by atoms with Crippen LogP contribution in [0.5, 0.6) is 0 Å². The Morgan fingerprint density at radius 2 is 2.22 bits per heavy atom. The topological polar surface area (TPSA) is 49.8 Å². The molecule has 0 aromatic rings. The molecule has 0 radical (unpaired) electrons. The summed E-state index contributed by atoms with van der Waals surface area (Å²) in [5, 5.41) is 9.88. The number of carbonyl (C=O) groups excluding carboxylic acids is 1. The largest absolute Gasteiger partial charge is 0.444 e. The van der Waals surface area contributed by atoms with Crippen molar-refractivity contribution in [2.24, 2.45) is 5.92 Å². The number of aliphatic hydroxyl groups is 1. The molecule has 18 heavy (non-hydrogen) atoms. The molecule has 1 aliphatic rings. The average Bonchev–Trinajstić information content (AvgIpc) is 2.25. The summed E-state index contributed by atoms with van der Waals surface area (Å²) in [5.41, 5.74) is -0.485. The van der Waals surface area contributed by atoms with Crippen LogP contribution in [0.4, 0.5) is 4.79 Å². The quantitative estimate of drug-likeness (QED) is 0.766. The van der Waals surface area contributed by atoms with Crippen molar-refractivity contribution >= 4 is 6.09 Å². The van der Waals surface area contributed by atoms with Crippen LogP contribution < -0.4 is 0 Å². The maximum Gasteiger partial charge on any atom is 0.410 e. The lowest BCUT2D eigenvalue weighted by Crippen LogP contribution is -2.47. The maximum absolute atomic E-state index is 11.9. The van der Waals surface area contributed by atoms with Gasteiger partial charge in [0.15, 0.2) is 0 Å². The van der Waals surface area contributed by atoms with Crippen LogP contribution in [0.15, 0.2) is 0 Å². The van der Waals surface area contributed by atoms with Gasteiger partial charge in [0.05, 0.1) is 6.10 Å². The van der Waals surface area contributed by atoms with Gasteiger partial charge >= 0.3 is 6.09 Å². The van der Waals surface area contributed by atoms with Gasteiger partial charge in [-0.3, -0.25) is 0 Å². The van der Waals surface area contributed by atoms with Crippen LogP contribution in [0.25, 0.3) is 0 Å². The molecule has 0 spiro atoms. The number of aliphatic hydroxyl groups excluding tert-OH is 1. The van der Waals surface area contributed by atoms with E-state index in [2.05, 4.69) is 5.92 Å². The van der Waals surface area contributed by atoms with E-state index >= 15 is 0 Å². The number of carbonyl (C=O) groups is 1. The van der Waals surface area contributed by atoms with Crippen molar-refractivity contribution in [1.29, 1.82) is 0 Å². The smallest absolute Gasteiger partial charge is 0.410 e. The van der Waals surface area contributed by atoms with E-state index < -0.39 is 5.60 Å². The summed E-state index contributed by atoms with van der Waals surface area (Å²) in [5.74, 6) is 2.63. The summed E-state index contributed by atoms with van der Waals surface area (Å²) in [6.07, 6.45) is 6.53. The van der Waals surface area contributed by atoms with Gasteiger partial charge in [-0.05, 0) is 33.6 Å². The molecule has 4 heteroatoms. The van der Waals surface area contributed by atoms with Gasteiger partial charge in [-0.25, -0.2) is 4.79 Å². The summed E-state index contributed by atoms with van der Waals surface area (Å²) < 4.78 is 5.33. The van der Waals surface area contributed by atoms with E-state index in [0.717, 1.165) is 6.42 Å². The predicted molar refractivity (Wildman–Crippen MR) is 70.0 cm³/mol. The zero-order valence-corrected chi connectivity index (χ0v) is 11.5. The number of likely N-dealkylation sites (tertiary alicyclic amines) is 1. The number of rotatable bonds is 2. The van der Waals surface area contributed by atoms with Crippen LogP contribution in [0.1, 0.15) is 40.0 Å². The highest BCUT2D eigenvalue weighted by molar-refractivity contribution is 5.68. The monoisotopic (exact) mass is 253 g/mol. The molecule has 1 N–H and O–H groups in total. The van der Waals surface area contributed by atoms with Gasteiger partial charge in [0.2, 0.25) is 0 Å². The van der Waals surface area contributed by atoms with Gasteiger partial charge in [-0.15, -0.1) is 12.3 Å². The van der Waals surface area contributed by atoms with E-state index in [1.165, 1.54) is 0 Å². The first-order chi connectivity index (χ1) is 8.33. The second kappa shape index (κ2) is 6.10. The predicted octanol–water partition coefficient (Wildman–Crippen LogP) is 2.02. The van der Waals surface area contributed by atoms with Gasteiger partial charge < -0.3 is 14.7 Å². The second-order valence-electron chi connectivity index (χ2n) is 5.79. The Labute approximate surface area is 109 Å². The van der Waals surface area contributed by atoms with Crippen molar-refractivity contribution in [2.45, 2.75) is 51.7 Å². The second-order valence-corrected chi connectivity index (χ2v) is 5.79. The third-order valence-electron chi connectivity index (χ3n) is 3.00. The Hall–Kier alpha value is -1.21. The van der Waals surface area contributed by atoms with Crippen LogP contribution in [0, 0.1) is 18.3 Å². The lowest BCUT2D eigenvalue weighted by atomic mass is 9.91. The number of nitrogens with zero attached hydrogens (tertiary/aromatic N) is 1. The normalized spacial score (nSPS) is 24.5. The fraction of sp³-hybridized carbons (Fsp3) is 0.786. The minimum atomic E-state index is -0.485. The molecule has 102 valence electrons. The molecule has 1 aliphatic heterocycles. The fourth-order valence-electron chi connectivity index (χ4n) is 2.06. The number of piperidine rings is 1. The van der Waals surface area contributed by atoms with Gasteiger partial charge in [0.1, 0.15) is 5.60 Å². The zero-order valence-electron chi connectivity index (χ0n) is 11.5. The third-order valence-corrected chi connectivity index (χ3v) is 3.00. The number of hydrogen-bond acceptors (Lipinski definition) is 3. The highest BCUT2D eigenvalue weighted by atomic mass is 16.6. The van der Waals surface area contributed by atoms with E-state index in [4.69, 9.17) is 11.2 Å². The first kappa shape index (κ1) is 14.8. The fourth-order valence-corrected chi connectivity index (χ4v) is 2.06. The highest BCUT2D eigenvalue weighted by Crippen LogP contribution is 2.23. The SMILES string of the molecule is C#CCCC1CN(C(=O)OC(C)(C)C)CCC1O. The van der Waals surface area contributed by atoms with E-state index in [1.807, 2.05) is 20.8 Å². The Kier molecular flexibility index (Phi) is 5.03. The number of amides is 1. The van der Waals surface area contributed by atoms with Crippen molar-refractivity contribution in [3.8, 4) is 12.3 Å². The summed E-state index contributed by atoms with van der Waals surface area (Å²) >= 11 is 0. The summed E-state index contributed by atoms with van der Waals surface area (Å²) in [6, 6.07) is 0. The molecule has 1 saturated heterocycles. The number of hydrogen-bond donors (Lipinski definition) is 1. The van der Waals surface area contributed by atoms with Gasteiger partial charge in [0, 0.05) is 25.4 Å². The number of ether oxygens (including phenoxy) is 1. The van der Waals surface area contributed by atoms with Crippen LogP contribution in [0.2, 0.25) is 0 Å².